The first-order valence-corrected chi connectivity index (χ1v) is 7.98. The van der Waals surface area contributed by atoms with E-state index >= 15 is 0 Å². The molecule has 0 aliphatic rings. The van der Waals surface area contributed by atoms with Gasteiger partial charge in [0.05, 0.1) is 6.61 Å². The highest BCUT2D eigenvalue weighted by molar-refractivity contribution is 5.32. The fourth-order valence-electron chi connectivity index (χ4n) is 2.53. The maximum Gasteiger partial charge on any atom is 0.119 e. The van der Waals surface area contributed by atoms with Gasteiger partial charge < -0.3 is 10.5 Å². The van der Waals surface area contributed by atoms with Gasteiger partial charge >= 0.3 is 0 Å². The van der Waals surface area contributed by atoms with E-state index < -0.39 is 0 Å². The molecule has 2 nitrogen and oxygen atoms in total. The van der Waals surface area contributed by atoms with Gasteiger partial charge in [0, 0.05) is 6.04 Å². The Balaban J connectivity index is 2.08. The zero-order valence-corrected chi connectivity index (χ0v) is 14.1. The molecule has 1 unspecified atom stereocenters. The van der Waals surface area contributed by atoms with E-state index in [4.69, 9.17) is 10.5 Å². The van der Waals surface area contributed by atoms with Crippen molar-refractivity contribution in [2.75, 3.05) is 6.61 Å². The molecule has 2 heteroatoms. The van der Waals surface area contributed by atoms with Gasteiger partial charge in [-0.1, -0.05) is 57.2 Å². The summed E-state index contributed by atoms with van der Waals surface area (Å²) in [6.07, 6.45) is 0.815. The van der Waals surface area contributed by atoms with Crippen molar-refractivity contribution in [3.8, 4) is 5.75 Å². The summed E-state index contributed by atoms with van der Waals surface area (Å²) in [7, 11) is 0. The van der Waals surface area contributed by atoms with Crippen LogP contribution in [0.1, 0.15) is 50.4 Å². The minimum atomic E-state index is 0.00546. The number of benzene rings is 2. The maximum atomic E-state index is 6.37. The Labute approximate surface area is 134 Å². The largest absolute Gasteiger partial charge is 0.494 e. The standard InChI is InChI=1S/C20H27NO/c1-5-22-18-8-6-7-15(13-18)14-19(21)16-9-11-17(12-10-16)20(2,3)4/h6-13,19H,5,14,21H2,1-4H3. The van der Waals surface area contributed by atoms with Crippen molar-refractivity contribution in [1.82, 2.24) is 0 Å². The Morgan fingerprint density at radius 2 is 1.73 bits per heavy atom. The molecule has 0 saturated carbocycles. The van der Waals surface area contributed by atoms with Crippen LogP contribution in [0.25, 0.3) is 0 Å². The van der Waals surface area contributed by atoms with E-state index in [1.807, 2.05) is 19.1 Å². The lowest BCUT2D eigenvalue weighted by Crippen LogP contribution is -2.15. The molecule has 0 aliphatic carbocycles. The SMILES string of the molecule is CCOc1cccc(CC(N)c2ccc(C(C)(C)C)cc2)c1. The summed E-state index contributed by atoms with van der Waals surface area (Å²) in [5, 5.41) is 0. The Hall–Kier alpha value is -1.80. The Morgan fingerprint density at radius 1 is 1.05 bits per heavy atom. The highest BCUT2D eigenvalue weighted by Crippen LogP contribution is 2.25. The van der Waals surface area contributed by atoms with E-state index in [9.17, 15) is 0 Å². The third-order valence-corrected chi connectivity index (χ3v) is 3.87. The average Bonchev–Trinajstić information content (AvgIpc) is 2.47. The van der Waals surface area contributed by atoms with Crippen LogP contribution in [0, 0.1) is 0 Å². The van der Waals surface area contributed by atoms with Crippen LogP contribution in [0.3, 0.4) is 0 Å². The number of rotatable bonds is 5. The molecule has 0 aromatic heterocycles. The zero-order chi connectivity index (χ0) is 16.2. The fourth-order valence-corrected chi connectivity index (χ4v) is 2.53. The van der Waals surface area contributed by atoms with Crippen LogP contribution in [0.2, 0.25) is 0 Å². The molecule has 2 aromatic rings. The monoisotopic (exact) mass is 297 g/mol. The van der Waals surface area contributed by atoms with Crippen molar-refractivity contribution in [1.29, 1.82) is 0 Å². The summed E-state index contributed by atoms with van der Waals surface area (Å²) < 4.78 is 5.55. The van der Waals surface area contributed by atoms with Crippen molar-refractivity contribution >= 4 is 0 Å². The van der Waals surface area contributed by atoms with Crippen molar-refractivity contribution in [2.24, 2.45) is 5.73 Å². The summed E-state index contributed by atoms with van der Waals surface area (Å²) in [4.78, 5) is 0. The van der Waals surface area contributed by atoms with Crippen molar-refractivity contribution in [3.05, 3.63) is 65.2 Å². The van der Waals surface area contributed by atoms with E-state index in [1.54, 1.807) is 0 Å². The number of nitrogens with two attached hydrogens (primary N) is 1. The van der Waals surface area contributed by atoms with Crippen LogP contribution in [0.4, 0.5) is 0 Å². The first kappa shape index (κ1) is 16.6. The average molecular weight is 297 g/mol. The summed E-state index contributed by atoms with van der Waals surface area (Å²) in [6, 6.07) is 16.9. The second-order valence-corrected chi connectivity index (χ2v) is 6.76. The minimum Gasteiger partial charge on any atom is -0.494 e. The Bertz CT molecular complexity index is 596. The molecule has 1 atom stereocenters. The molecule has 0 bridgehead atoms. The van der Waals surface area contributed by atoms with Gasteiger partial charge in [-0.05, 0) is 47.6 Å². The lowest BCUT2D eigenvalue weighted by atomic mass is 9.86. The molecular weight excluding hydrogens is 270 g/mol. The highest BCUT2D eigenvalue weighted by Gasteiger charge is 2.14. The van der Waals surface area contributed by atoms with Gasteiger partial charge in [-0.25, -0.2) is 0 Å². The quantitative estimate of drug-likeness (QED) is 0.873. The smallest absolute Gasteiger partial charge is 0.119 e. The fraction of sp³-hybridized carbons (Fsp3) is 0.400. The first-order chi connectivity index (χ1) is 10.4. The molecule has 22 heavy (non-hydrogen) atoms. The van der Waals surface area contributed by atoms with Gasteiger partial charge in [-0.2, -0.15) is 0 Å². The van der Waals surface area contributed by atoms with Gasteiger partial charge in [0.15, 0.2) is 0 Å². The van der Waals surface area contributed by atoms with Gasteiger partial charge in [0.1, 0.15) is 5.75 Å². The first-order valence-electron chi connectivity index (χ1n) is 7.98. The molecule has 2 aromatic carbocycles. The minimum absolute atomic E-state index is 0.00546. The second-order valence-electron chi connectivity index (χ2n) is 6.76. The van der Waals surface area contributed by atoms with Gasteiger partial charge in [-0.3, -0.25) is 0 Å². The molecule has 0 amide bonds. The highest BCUT2D eigenvalue weighted by atomic mass is 16.5. The van der Waals surface area contributed by atoms with Crippen LogP contribution in [-0.2, 0) is 11.8 Å². The van der Waals surface area contributed by atoms with Crippen LogP contribution in [0.15, 0.2) is 48.5 Å². The third-order valence-electron chi connectivity index (χ3n) is 3.87. The van der Waals surface area contributed by atoms with Crippen LogP contribution in [0.5, 0.6) is 5.75 Å². The number of hydrogen-bond donors (Lipinski definition) is 1. The van der Waals surface area contributed by atoms with E-state index in [2.05, 4.69) is 57.2 Å². The Kier molecular flexibility index (Phi) is 5.25. The van der Waals surface area contributed by atoms with Crippen LogP contribution < -0.4 is 10.5 Å². The molecule has 2 N–H and O–H groups in total. The summed E-state index contributed by atoms with van der Waals surface area (Å²) >= 11 is 0. The van der Waals surface area contributed by atoms with Crippen molar-refractivity contribution < 1.29 is 4.74 Å². The van der Waals surface area contributed by atoms with Crippen molar-refractivity contribution in [2.45, 2.75) is 45.6 Å². The summed E-state index contributed by atoms with van der Waals surface area (Å²) in [5.74, 6) is 0.912. The van der Waals surface area contributed by atoms with Crippen LogP contribution >= 0.6 is 0 Å². The third kappa shape index (κ3) is 4.35. The number of hydrogen-bond acceptors (Lipinski definition) is 2. The van der Waals surface area contributed by atoms with Crippen LogP contribution in [-0.4, -0.2) is 6.61 Å². The van der Waals surface area contributed by atoms with E-state index in [0.717, 1.165) is 12.2 Å². The molecule has 0 fully saturated rings. The Morgan fingerprint density at radius 3 is 2.32 bits per heavy atom. The molecule has 0 radical (unpaired) electrons. The van der Waals surface area contributed by atoms with Crippen molar-refractivity contribution in [3.63, 3.8) is 0 Å². The lowest BCUT2D eigenvalue weighted by Gasteiger charge is -2.20. The molecule has 118 valence electrons. The maximum absolute atomic E-state index is 6.37. The molecule has 0 aliphatic heterocycles. The van der Waals surface area contributed by atoms with Gasteiger partial charge in [0.2, 0.25) is 0 Å². The topological polar surface area (TPSA) is 35.2 Å². The zero-order valence-electron chi connectivity index (χ0n) is 14.1. The molecule has 2 rings (SSSR count). The van der Waals surface area contributed by atoms with E-state index in [1.165, 1.54) is 16.7 Å². The molecule has 0 saturated heterocycles. The second kappa shape index (κ2) is 6.97. The lowest BCUT2D eigenvalue weighted by molar-refractivity contribution is 0.340. The van der Waals surface area contributed by atoms with Gasteiger partial charge in [-0.15, -0.1) is 0 Å². The van der Waals surface area contributed by atoms with E-state index in [-0.39, 0.29) is 11.5 Å². The predicted molar refractivity (Wildman–Crippen MR) is 93.4 cm³/mol. The van der Waals surface area contributed by atoms with Gasteiger partial charge in [0.25, 0.3) is 0 Å². The summed E-state index contributed by atoms with van der Waals surface area (Å²) in [6.45, 7) is 9.35. The summed E-state index contributed by atoms with van der Waals surface area (Å²) in [5.41, 5.74) is 10.3. The molecule has 0 heterocycles. The normalized spacial score (nSPS) is 13.0. The van der Waals surface area contributed by atoms with E-state index in [0.29, 0.717) is 6.61 Å². The predicted octanol–water partition coefficient (Wildman–Crippen LogP) is 4.63. The molecule has 0 spiro atoms. The number of ether oxygens (including phenoxy) is 1. The molecular formula is C20H27NO.